The Kier molecular flexibility index (Phi) is 5.77. The molecule has 2 rings (SSSR count). The molecular weight excluding hydrogens is 266 g/mol. The Hall–Kier alpha value is -1.16. The molecule has 1 aromatic heterocycles. The van der Waals surface area contributed by atoms with Gasteiger partial charge in [-0.25, -0.2) is 0 Å². The summed E-state index contributed by atoms with van der Waals surface area (Å²) in [6.07, 6.45) is 0.814. The second-order valence-electron chi connectivity index (χ2n) is 5.41. The molecule has 2 N–H and O–H groups in total. The van der Waals surface area contributed by atoms with Crippen molar-refractivity contribution in [3.63, 3.8) is 0 Å². The quantitative estimate of drug-likeness (QED) is 0.810. The maximum Gasteiger partial charge on any atom is 0.0445 e. The molecule has 0 aliphatic rings. The van der Waals surface area contributed by atoms with Crippen molar-refractivity contribution in [2.75, 3.05) is 6.61 Å². The van der Waals surface area contributed by atoms with Crippen molar-refractivity contribution in [3.05, 3.63) is 46.7 Å². The average molecular weight is 289 g/mol. The van der Waals surface area contributed by atoms with Crippen molar-refractivity contribution in [2.24, 2.45) is 5.92 Å². The van der Waals surface area contributed by atoms with Gasteiger partial charge < -0.3 is 10.4 Å². The van der Waals surface area contributed by atoms with Crippen LogP contribution in [0.3, 0.4) is 0 Å². The topological polar surface area (TPSA) is 32.3 Å². The maximum atomic E-state index is 9.10. The Morgan fingerprint density at radius 2 is 1.90 bits per heavy atom. The zero-order chi connectivity index (χ0) is 14.4. The molecule has 3 heteroatoms. The first-order chi connectivity index (χ1) is 9.70. The van der Waals surface area contributed by atoms with Crippen molar-refractivity contribution in [1.29, 1.82) is 0 Å². The number of benzene rings is 1. The van der Waals surface area contributed by atoms with E-state index in [2.05, 4.69) is 54.9 Å². The van der Waals surface area contributed by atoms with E-state index in [-0.39, 0.29) is 6.61 Å². The molecule has 0 bridgehead atoms. The number of aliphatic hydroxyl groups excluding tert-OH is 1. The lowest BCUT2D eigenvalue weighted by atomic mass is 10.0. The highest BCUT2D eigenvalue weighted by Crippen LogP contribution is 2.25. The van der Waals surface area contributed by atoms with E-state index in [9.17, 15) is 0 Å². The highest BCUT2D eigenvalue weighted by Gasteiger charge is 2.12. The lowest BCUT2D eigenvalue weighted by molar-refractivity contribution is 0.244. The lowest BCUT2D eigenvalue weighted by Crippen LogP contribution is -2.33. The molecular formula is C17H23NOS. The summed E-state index contributed by atoms with van der Waals surface area (Å²) in [5, 5.41) is 14.9. The Balaban J connectivity index is 1.96. The first-order valence-corrected chi connectivity index (χ1v) is 8.05. The predicted octanol–water partition coefficient (Wildman–Crippen LogP) is 3.91. The van der Waals surface area contributed by atoms with Gasteiger partial charge in [0, 0.05) is 24.1 Å². The molecule has 1 aromatic carbocycles. The van der Waals surface area contributed by atoms with E-state index in [0.717, 1.165) is 13.0 Å². The first kappa shape index (κ1) is 15.2. The van der Waals surface area contributed by atoms with Gasteiger partial charge in [-0.15, -0.1) is 11.3 Å². The van der Waals surface area contributed by atoms with E-state index in [1.165, 1.54) is 16.0 Å². The van der Waals surface area contributed by atoms with Crippen LogP contribution in [0.2, 0.25) is 0 Å². The molecule has 0 aliphatic heterocycles. The lowest BCUT2D eigenvalue weighted by Gasteiger charge is -2.21. The molecule has 0 amide bonds. The van der Waals surface area contributed by atoms with E-state index in [4.69, 9.17) is 5.11 Å². The van der Waals surface area contributed by atoms with Crippen LogP contribution in [-0.2, 0) is 6.54 Å². The third-order valence-electron chi connectivity index (χ3n) is 3.54. The third kappa shape index (κ3) is 4.17. The summed E-state index contributed by atoms with van der Waals surface area (Å²) in [7, 11) is 0. The first-order valence-electron chi connectivity index (χ1n) is 7.17. The highest BCUT2D eigenvalue weighted by atomic mass is 32.1. The fraction of sp³-hybridized carbons (Fsp3) is 0.412. The van der Waals surface area contributed by atoms with Gasteiger partial charge in [-0.05, 0) is 34.9 Å². The summed E-state index contributed by atoms with van der Waals surface area (Å²) >= 11 is 1.79. The predicted molar refractivity (Wildman–Crippen MR) is 86.9 cm³/mol. The molecule has 0 aliphatic carbocycles. The Labute approximate surface area is 125 Å². The second-order valence-corrected chi connectivity index (χ2v) is 6.41. The molecule has 2 nitrogen and oxygen atoms in total. The van der Waals surface area contributed by atoms with Crippen LogP contribution in [0.5, 0.6) is 0 Å². The van der Waals surface area contributed by atoms with Crippen LogP contribution < -0.4 is 5.32 Å². The smallest absolute Gasteiger partial charge is 0.0445 e. The average Bonchev–Trinajstić information content (AvgIpc) is 2.93. The van der Waals surface area contributed by atoms with Gasteiger partial charge in [0.05, 0.1) is 0 Å². The number of thiophene rings is 1. The van der Waals surface area contributed by atoms with Gasteiger partial charge in [0.1, 0.15) is 0 Å². The Bertz CT molecular complexity index is 507. The molecule has 108 valence electrons. The van der Waals surface area contributed by atoms with Gasteiger partial charge in [0.25, 0.3) is 0 Å². The molecule has 0 spiro atoms. The summed E-state index contributed by atoms with van der Waals surface area (Å²) in [6, 6.07) is 13.1. The summed E-state index contributed by atoms with van der Waals surface area (Å²) in [5.41, 5.74) is 2.56. The molecule has 1 atom stereocenters. The monoisotopic (exact) mass is 289 g/mol. The minimum atomic E-state index is 0.246. The van der Waals surface area contributed by atoms with Crippen molar-refractivity contribution < 1.29 is 5.11 Å². The van der Waals surface area contributed by atoms with Gasteiger partial charge >= 0.3 is 0 Å². The van der Waals surface area contributed by atoms with E-state index in [0.29, 0.717) is 12.0 Å². The van der Waals surface area contributed by atoms with E-state index in [1.807, 2.05) is 6.07 Å². The number of nitrogens with one attached hydrogen (secondary N) is 1. The van der Waals surface area contributed by atoms with Crippen LogP contribution in [0.4, 0.5) is 0 Å². The molecule has 20 heavy (non-hydrogen) atoms. The van der Waals surface area contributed by atoms with Crippen LogP contribution in [-0.4, -0.2) is 17.8 Å². The van der Waals surface area contributed by atoms with Gasteiger partial charge in [-0.3, -0.25) is 0 Å². The van der Waals surface area contributed by atoms with E-state index in [1.54, 1.807) is 11.3 Å². The van der Waals surface area contributed by atoms with Gasteiger partial charge in [0.2, 0.25) is 0 Å². The molecule has 0 saturated carbocycles. The zero-order valence-corrected chi connectivity index (χ0v) is 13.0. The summed E-state index contributed by atoms with van der Waals surface area (Å²) in [4.78, 5) is 1.34. The number of rotatable bonds is 7. The van der Waals surface area contributed by atoms with Crippen LogP contribution in [0, 0.1) is 5.92 Å². The van der Waals surface area contributed by atoms with Crippen molar-refractivity contribution >= 4 is 11.3 Å². The molecule has 1 heterocycles. The van der Waals surface area contributed by atoms with Crippen LogP contribution in [0.15, 0.2) is 41.8 Å². The fourth-order valence-corrected chi connectivity index (χ4v) is 3.14. The maximum absolute atomic E-state index is 9.10. The van der Waals surface area contributed by atoms with E-state index < -0.39 is 0 Å². The normalized spacial score (nSPS) is 12.8. The zero-order valence-electron chi connectivity index (χ0n) is 12.2. The van der Waals surface area contributed by atoms with E-state index >= 15 is 0 Å². The van der Waals surface area contributed by atoms with Crippen molar-refractivity contribution in [1.82, 2.24) is 5.32 Å². The van der Waals surface area contributed by atoms with Gasteiger partial charge in [0.15, 0.2) is 0 Å². The standard InChI is InChI=1S/C17H23NOS/c1-13(2)17(8-9-19)18-11-16-10-15(12-20-16)14-6-4-3-5-7-14/h3-7,10,12-13,17-19H,8-9,11H2,1-2H3. The number of hydrogen-bond donors (Lipinski definition) is 2. The minimum Gasteiger partial charge on any atom is -0.396 e. The molecule has 0 radical (unpaired) electrons. The Morgan fingerprint density at radius 1 is 1.15 bits per heavy atom. The summed E-state index contributed by atoms with van der Waals surface area (Å²) < 4.78 is 0. The SMILES string of the molecule is CC(C)C(CCO)NCc1cc(-c2ccccc2)cs1. The molecule has 0 fully saturated rings. The molecule has 1 unspecified atom stereocenters. The second kappa shape index (κ2) is 7.58. The number of aliphatic hydroxyl groups is 1. The highest BCUT2D eigenvalue weighted by molar-refractivity contribution is 7.10. The van der Waals surface area contributed by atoms with Gasteiger partial charge in [-0.2, -0.15) is 0 Å². The third-order valence-corrected chi connectivity index (χ3v) is 4.48. The van der Waals surface area contributed by atoms with Crippen LogP contribution in [0.25, 0.3) is 11.1 Å². The van der Waals surface area contributed by atoms with Crippen molar-refractivity contribution in [3.8, 4) is 11.1 Å². The van der Waals surface area contributed by atoms with Crippen molar-refractivity contribution in [2.45, 2.75) is 32.9 Å². The van der Waals surface area contributed by atoms with Crippen LogP contribution >= 0.6 is 11.3 Å². The summed E-state index contributed by atoms with van der Waals surface area (Å²) in [5.74, 6) is 0.538. The Morgan fingerprint density at radius 3 is 2.55 bits per heavy atom. The van der Waals surface area contributed by atoms with Gasteiger partial charge in [-0.1, -0.05) is 44.2 Å². The molecule has 2 aromatic rings. The minimum absolute atomic E-state index is 0.246. The number of hydrogen-bond acceptors (Lipinski definition) is 3. The summed E-state index contributed by atoms with van der Waals surface area (Å²) in [6.45, 7) is 5.50. The molecule has 0 saturated heterocycles. The fourth-order valence-electron chi connectivity index (χ4n) is 2.30. The largest absolute Gasteiger partial charge is 0.396 e. The van der Waals surface area contributed by atoms with Crippen LogP contribution in [0.1, 0.15) is 25.1 Å².